The van der Waals surface area contributed by atoms with Crippen molar-refractivity contribution in [2.24, 2.45) is 0 Å². The van der Waals surface area contributed by atoms with Crippen LogP contribution in [0.5, 0.6) is 0 Å². The van der Waals surface area contributed by atoms with Crippen LogP contribution in [0.1, 0.15) is 54.8 Å². The van der Waals surface area contributed by atoms with E-state index in [4.69, 9.17) is 5.10 Å². The maximum absolute atomic E-state index is 14.0. The number of benzene rings is 2. The molecule has 0 spiro atoms. The topological polar surface area (TPSA) is 72.1 Å². The lowest BCUT2D eigenvalue weighted by Gasteiger charge is -2.25. The van der Waals surface area contributed by atoms with E-state index in [0.29, 0.717) is 10.8 Å². The van der Waals surface area contributed by atoms with Crippen molar-refractivity contribution < 1.29 is 9.18 Å². The van der Waals surface area contributed by atoms with Gasteiger partial charge in [0.15, 0.2) is 0 Å². The van der Waals surface area contributed by atoms with Crippen molar-refractivity contribution in [1.82, 2.24) is 29.3 Å². The van der Waals surface area contributed by atoms with E-state index in [1.165, 1.54) is 34.8 Å². The Morgan fingerprint density at radius 1 is 1.14 bits per heavy atom. The predicted octanol–water partition coefficient (Wildman–Crippen LogP) is 6.28. The van der Waals surface area contributed by atoms with Crippen molar-refractivity contribution >= 4 is 33.3 Å². The largest absolute Gasteiger partial charge is 0.331 e. The third kappa shape index (κ3) is 5.03. The summed E-state index contributed by atoms with van der Waals surface area (Å²) in [7, 11) is 0. The summed E-state index contributed by atoms with van der Waals surface area (Å²) in [5.74, 6) is -0.221. The van der Waals surface area contributed by atoms with Crippen molar-refractivity contribution in [3.05, 3.63) is 82.5 Å². The molecule has 0 saturated heterocycles. The molecule has 0 N–H and O–H groups in total. The van der Waals surface area contributed by atoms with Crippen LogP contribution in [0.15, 0.2) is 54.4 Å². The molecule has 2 aliphatic rings. The van der Waals surface area contributed by atoms with Crippen LogP contribution in [0.25, 0.3) is 22.0 Å². The molecular weight excluding hydrogens is 573 g/mol. The lowest BCUT2D eigenvalue weighted by molar-refractivity contribution is -0.118. The SMILES string of the molecule is CCN(CC)CC1(c2ccc(-c3cc(C)c4cn(N(C(=O)Cc5ncn6c5C[C@@H](F)C6)c5nccs5)nc4c3C)cc2)CC1. The van der Waals surface area contributed by atoms with Gasteiger partial charge in [0.25, 0.3) is 5.91 Å². The smallest absolute Gasteiger partial charge is 0.255 e. The fraction of sp³-hybridized carbons (Fsp3) is 0.412. The maximum atomic E-state index is 14.0. The molecule has 10 heteroatoms. The molecule has 1 fully saturated rings. The molecule has 0 bridgehead atoms. The first-order valence-corrected chi connectivity index (χ1v) is 16.4. The van der Waals surface area contributed by atoms with E-state index in [0.717, 1.165) is 58.5 Å². The molecule has 2 aromatic carbocycles. The van der Waals surface area contributed by atoms with Crippen molar-refractivity contribution in [3.8, 4) is 11.1 Å². The minimum absolute atomic E-state index is 0.0379. The molecule has 1 saturated carbocycles. The van der Waals surface area contributed by atoms with E-state index in [1.54, 1.807) is 21.9 Å². The minimum atomic E-state index is -0.938. The Bertz CT molecular complexity index is 1820. The molecule has 4 heterocycles. The number of carbonyl (C=O) groups is 1. The Morgan fingerprint density at radius 2 is 1.91 bits per heavy atom. The monoisotopic (exact) mass is 611 g/mol. The van der Waals surface area contributed by atoms with Gasteiger partial charge in [-0.1, -0.05) is 44.2 Å². The molecule has 1 aliphatic heterocycles. The lowest BCUT2D eigenvalue weighted by Crippen LogP contribution is -2.37. The lowest BCUT2D eigenvalue weighted by atomic mass is 9.91. The summed E-state index contributed by atoms with van der Waals surface area (Å²) in [4.78, 5) is 26.8. The number of anilines is 1. The first kappa shape index (κ1) is 28.9. The van der Waals surface area contributed by atoms with Crippen LogP contribution in [0.4, 0.5) is 9.52 Å². The van der Waals surface area contributed by atoms with Crippen LogP contribution in [0, 0.1) is 13.8 Å². The second kappa shape index (κ2) is 11.2. The molecule has 0 unspecified atom stereocenters. The van der Waals surface area contributed by atoms with Gasteiger partial charge in [-0.05, 0) is 67.6 Å². The van der Waals surface area contributed by atoms with Gasteiger partial charge in [-0.2, -0.15) is 14.9 Å². The maximum Gasteiger partial charge on any atom is 0.255 e. The van der Waals surface area contributed by atoms with Crippen LogP contribution in [-0.2, 0) is 29.6 Å². The first-order chi connectivity index (χ1) is 21.3. The Labute approximate surface area is 261 Å². The number of alkyl halides is 1. The van der Waals surface area contributed by atoms with Gasteiger partial charge < -0.3 is 9.47 Å². The number of hydrogen-bond acceptors (Lipinski definition) is 6. The number of aromatic nitrogens is 5. The normalized spacial score (nSPS) is 17.0. The molecule has 1 amide bonds. The van der Waals surface area contributed by atoms with E-state index in [-0.39, 0.29) is 30.7 Å². The Balaban J connectivity index is 1.21. The molecule has 1 aliphatic carbocycles. The second-order valence-electron chi connectivity index (χ2n) is 12.3. The minimum Gasteiger partial charge on any atom is -0.331 e. The molecule has 0 radical (unpaired) electrons. The number of nitrogens with zero attached hydrogens (tertiary/aromatic N) is 7. The number of hydrogen-bond donors (Lipinski definition) is 0. The average molecular weight is 612 g/mol. The molecular formula is C34H38FN7OS. The Morgan fingerprint density at radius 3 is 2.59 bits per heavy atom. The number of likely N-dealkylation sites (N-methyl/N-ethyl adjacent to an activating group) is 1. The fourth-order valence-corrected chi connectivity index (χ4v) is 7.40. The number of rotatable bonds is 10. The zero-order chi connectivity index (χ0) is 30.6. The molecule has 228 valence electrons. The van der Waals surface area contributed by atoms with Gasteiger partial charge in [0.1, 0.15) is 6.17 Å². The van der Waals surface area contributed by atoms with Gasteiger partial charge in [0.05, 0.1) is 36.7 Å². The molecule has 8 nitrogen and oxygen atoms in total. The van der Waals surface area contributed by atoms with E-state index < -0.39 is 6.17 Å². The predicted molar refractivity (Wildman–Crippen MR) is 173 cm³/mol. The summed E-state index contributed by atoms with van der Waals surface area (Å²) < 4.78 is 15.8. The third-order valence-corrected chi connectivity index (χ3v) is 10.3. The number of thiazole rings is 1. The van der Waals surface area contributed by atoms with Crippen molar-refractivity contribution in [1.29, 1.82) is 0 Å². The van der Waals surface area contributed by atoms with Gasteiger partial charge in [-0.3, -0.25) is 4.79 Å². The number of imidazole rings is 1. The zero-order valence-electron chi connectivity index (χ0n) is 25.8. The van der Waals surface area contributed by atoms with Gasteiger partial charge in [-0.25, -0.2) is 14.4 Å². The van der Waals surface area contributed by atoms with E-state index in [9.17, 15) is 9.18 Å². The quantitative estimate of drug-likeness (QED) is 0.186. The number of halogens is 1. The van der Waals surface area contributed by atoms with E-state index in [2.05, 4.69) is 72.9 Å². The van der Waals surface area contributed by atoms with Crippen LogP contribution < -0.4 is 5.01 Å². The van der Waals surface area contributed by atoms with Crippen LogP contribution in [0.3, 0.4) is 0 Å². The number of carbonyl (C=O) groups excluding carboxylic acids is 1. The van der Waals surface area contributed by atoms with Crippen LogP contribution >= 0.6 is 11.3 Å². The summed E-state index contributed by atoms with van der Waals surface area (Å²) in [6.45, 7) is 12.2. The molecule has 5 aromatic rings. The third-order valence-electron chi connectivity index (χ3n) is 9.53. The van der Waals surface area contributed by atoms with E-state index in [1.807, 2.05) is 11.6 Å². The molecule has 7 rings (SSSR count). The standard InChI is InChI=1S/C34H38FN7OS/c1-5-39(6-2)20-34(11-12-34)25-9-7-24(8-10-25)27-15-22(3)28-19-41(38-32(28)23(27)4)42(33-36-13-14-44-33)31(43)17-29-30-16-26(35)18-40(30)21-37-29/h7-10,13-15,19,21,26H,5-6,11-12,16-18,20H2,1-4H3/t26-/m1/s1. The van der Waals surface area contributed by atoms with Gasteiger partial charge in [-0.15, -0.1) is 11.3 Å². The van der Waals surface area contributed by atoms with Crippen LogP contribution in [-0.4, -0.2) is 61.0 Å². The number of aryl methyl sites for hydroxylation is 2. The highest BCUT2D eigenvalue weighted by atomic mass is 32.1. The summed E-state index contributed by atoms with van der Waals surface area (Å²) in [5, 5.41) is 9.82. The van der Waals surface area contributed by atoms with Crippen molar-refractivity contribution in [3.63, 3.8) is 0 Å². The Kier molecular flexibility index (Phi) is 7.37. The molecule has 44 heavy (non-hydrogen) atoms. The van der Waals surface area contributed by atoms with E-state index >= 15 is 0 Å². The van der Waals surface area contributed by atoms with Crippen LogP contribution in [0.2, 0.25) is 0 Å². The highest BCUT2D eigenvalue weighted by Crippen LogP contribution is 2.49. The first-order valence-electron chi connectivity index (χ1n) is 15.5. The van der Waals surface area contributed by atoms with Gasteiger partial charge in [0.2, 0.25) is 5.13 Å². The highest BCUT2D eigenvalue weighted by molar-refractivity contribution is 7.13. The summed E-state index contributed by atoms with van der Waals surface area (Å²) in [6.07, 6.45) is 7.09. The summed E-state index contributed by atoms with van der Waals surface area (Å²) in [5.41, 5.74) is 8.41. The number of fused-ring (bicyclic) bond motifs is 2. The number of amides is 1. The highest BCUT2D eigenvalue weighted by Gasteiger charge is 2.45. The second-order valence-corrected chi connectivity index (χ2v) is 13.2. The van der Waals surface area contributed by atoms with Crippen molar-refractivity contribution in [2.75, 3.05) is 24.6 Å². The molecule has 1 atom stereocenters. The zero-order valence-corrected chi connectivity index (χ0v) is 26.6. The summed E-state index contributed by atoms with van der Waals surface area (Å²) >= 11 is 1.37. The Hall–Kier alpha value is -3.89. The summed E-state index contributed by atoms with van der Waals surface area (Å²) in [6, 6.07) is 11.3. The van der Waals surface area contributed by atoms with Crippen molar-refractivity contribution in [2.45, 2.75) is 71.5 Å². The van der Waals surface area contributed by atoms with Gasteiger partial charge in [0, 0.05) is 41.0 Å². The fourth-order valence-electron chi connectivity index (χ4n) is 6.75. The molecule has 3 aromatic heterocycles. The van der Waals surface area contributed by atoms with Gasteiger partial charge >= 0.3 is 0 Å². The average Bonchev–Trinajstić information content (AvgIpc) is 3.44.